The summed E-state index contributed by atoms with van der Waals surface area (Å²) in [5.41, 5.74) is -0.918. The van der Waals surface area contributed by atoms with Gasteiger partial charge in [0.1, 0.15) is 11.7 Å². The van der Waals surface area contributed by atoms with Crippen LogP contribution in [0.1, 0.15) is 13.8 Å². The Bertz CT molecular complexity index is 171. The first-order valence-electron chi connectivity index (χ1n) is 3.65. The first-order valence-corrected chi connectivity index (χ1v) is 3.65. The fourth-order valence-electron chi connectivity index (χ4n) is 1.28. The Morgan fingerprint density at radius 2 is 2.27 bits per heavy atom. The van der Waals surface area contributed by atoms with E-state index in [0.717, 1.165) is 0 Å². The molecule has 0 saturated carbocycles. The van der Waals surface area contributed by atoms with Crippen molar-refractivity contribution in [1.29, 1.82) is 0 Å². The second kappa shape index (κ2) is 2.57. The molecule has 0 bridgehead atoms. The van der Waals surface area contributed by atoms with E-state index in [2.05, 4.69) is 6.58 Å². The molecule has 0 amide bonds. The lowest BCUT2D eigenvalue weighted by atomic mass is 9.98. The van der Waals surface area contributed by atoms with Gasteiger partial charge in [-0.2, -0.15) is 0 Å². The van der Waals surface area contributed by atoms with E-state index in [1.807, 2.05) is 0 Å². The number of hydrogen-bond acceptors (Lipinski definition) is 2. The second-order valence-corrected chi connectivity index (χ2v) is 3.10. The van der Waals surface area contributed by atoms with E-state index in [1.165, 1.54) is 6.08 Å². The minimum atomic E-state index is -1.31. The zero-order valence-corrected chi connectivity index (χ0v) is 6.75. The van der Waals surface area contributed by atoms with Crippen molar-refractivity contribution in [3.05, 3.63) is 12.7 Å². The molecule has 1 aliphatic heterocycles. The third-order valence-electron chi connectivity index (χ3n) is 2.18. The zero-order valence-electron chi connectivity index (χ0n) is 6.75. The van der Waals surface area contributed by atoms with Gasteiger partial charge in [-0.05, 0) is 13.8 Å². The van der Waals surface area contributed by atoms with Gasteiger partial charge in [-0.1, -0.05) is 6.08 Å². The van der Waals surface area contributed by atoms with Crippen LogP contribution in [0, 0.1) is 0 Å². The summed E-state index contributed by atoms with van der Waals surface area (Å²) in [6.07, 6.45) is -1.51. The van der Waals surface area contributed by atoms with Gasteiger partial charge in [0.15, 0.2) is 6.17 Å². The molecule has 11 heavy (non-hydrogen) atoms. The fourth-order valence-corrected chi connectivity index (χ4v) is 1.28. The van der Waals surface area contributed by atoms with E-state index < -0.39 is 24.0 Å². The van der Waals surface area contributed by atoms with E-state index in [0.29, 0.717) is 0 Å². The second-order valence-electron chi connectivity index (χ2n) is 3.10. The zero-order chi connectivity index (χ0) is 8.65. The van der Waals surface area contributed by atoms with Crippen molar-refractivity contribution in [2.75, 3.05) is 0 Å². The number of aliphatic hydroxyl groups is 1. The topological polar surface area (TPSA) is 29.5 Å². The number of ether oxygens (including phenoxy) is 1. The van der Waals surface area contributed by atoms with Crippen LogP contribution in [0.25, 0.3) is 0 Å². The Morgan fingerprint density at radius 1 is 1.73 bits per heavy atom. The van der Waals surface area contributed by atoms with Crippen molar-refractivity contribution in [2.24, 2.45) is 0 Å². The number of hydrogen-bond donors (Lipinski definition) is 1. The molecule has 0 aromatic heterocycles. The van der Waals surface area contributed by atoms with Gasteiger partial charge >= 0.3 is 0 Å². The molecule has 0 aromatic carbocycles. The van der Waals surface area contributed by atoms with E-state index in [1.54, 1.807) is 13.8 Å². The summed E-state index contributed by atoms with van der Waals surface area (Å²) in [5, 5.41) is 9.32. The van der Waals surface area contributed by atoms with E-state index in [-0.39, 0.29) is 0 Å². The van der Waals surface area contributed by atoms with Crippen molar-refractivity contribution >= 4 is 0 Å². The van der Waals surface area contributed by atoms with Crippen LogP contribution < -0.4 is 0 Å². The largest absolute Gasteiger partial charge is 0.387 e. The lowest BCUT2D eigenvalue weighted by molar-refractivity contribution is -0.0295. The number of halogens is 1. The molecule has 1 saturated heterocycles. The highest BCUT2D eigenvalue weighted by Gasteiger charge is 2.48. The van der Waals surface area contributed by atoms with Gasteiger partial charge in [0.25, 0.3) is 0 Å². The summed E-state index contributed by atoms with van der Waals surface area (Å²) < 4.78 is 18.1. The molecule has 64 valence electrons. The van der Waals surface area contributed by atoms with Gasteiger partial charge in [-0.3, -0.25) is 0 Å². The summed E-state index contributed by atoms with van der Waals surface area (Å²) in [6.45, 7) is 6.71. The smallest absolute Gasteiger partial charge is 0.155 e. The van der Waals surface area contributed by atoms with Crippen LogP contribution in [-0.2, 0) is 4.74 Å². The lowest BCUT2D eigenvalue weighted by Crippen LogP contribution is -2.36. The molecule has 0 aliphatic carbocycles. The van der Waals surface area contributed by atoms with Crippen molar-refractivity contribution in [2.45, 2.75) is 37.8 Å². The Hall–Kier alpha value is -0.410. The van der Waals surface area contributed by atoms with Crippen molar-refractivity contribution in [1.82, 2.24) is 0 Å². The molecule has 0 radical (unpaired) electrons. The van der Waals surface area contributed by atoms with Crippen molar-refractivity contribution < 1.29 is 14.2 Å². The Labute approximate surface area is 65.7 Å². The molecule has 1 aliphatic rings. The van der Waals surface area contributed by atoms with Crippen LogP contribution >= 0.6 is 0 Å². The molecule has 4 atom stereocenters. The molecule has 1 N–H and O–H groups in total. The first-order chi connectivity index (χ1) is 5.01. The van der Waals surface area contributed by atoms with E-state index in [4.69, 9.17) is 4.74 Å². The Balaban J connectivity index is 2.81. The van der Waals surface area contributed by atoms with Crippen LogP contribution in [0.5, 0.6) is 0 Å². The molecule has 3 heteroatoms. The van der Waals surface area contributed by atoms with Gasteiger partial charge in [-0.25, -0.2) is 4.39 Å². The average Bonchev–Trinajstić information content (AvgIpc) is 2.17. The highest BCUT2D eigenvalue weighted by Crippen LogP contribution is 2.33. The molecule has 1 heterocycles. The minimum absolute atomic E-state index is 0.548. The Morgan fingerprint density at radius 3 is 2.45 bits per heavy atom. The van der Waals surface area contributed by atoms with Crippen molar-refractivity contribution in [3.8, 4) is 0 Å². The molecule has 1 rings (SSSR count). The van der Waals surface area contributed by atoms with Gasteiger partial charge in [0.2, 0.25) is 0 Å². The van der Waals surface area contributed by atoms with E-state index in [9.17, 15) is 9.50 Å². The SMILES string of the molecule is C=C[C@]1(C)OC(C)[C@H](F)[C@@H]1O. The summed E-state index contributed by atoms with van der Waals surface area (Å²) in [6, 6.07) is 0. The van der Waals surface area contributed by atoms with Crippen LogP contribution in [-0.4, -0.2) is 29.1 Å². The first kappa shape index (κ1) is 8.68. The molecule has 1 fully saturated rings. The Kier molecular flexibility index (Phi) is 2.03. The average molecular weight is 160 g/mol. The number of rotatable bonds is 1. The van der Waals surface area contributed by atoms with Crippen LogP contribution in [0.15, 0.2) is 12.7 Å². The molecular weight excluding hydrogens is 147 g/mol. The summed E-state index contributed by atoms with van der Waals surface area (Å²) in [7, 11) is 0. The molecule has 2 nitrogen and oxygen atoms in total. The fraction of sp³-hybridized carbons (Fsp3) is 0.750. The highest BCUT2D eigenvalue weighted by molar-refractivity contribution is 5.08. The summed E-state index contributed by atoms with van der Waals surface area (Å²) in [4.78, 5) is 0. The standard InChI is InChI=1S/C8H13FO2/c1-4-8(3)7(10)6(9)5(2)11-8/h4-7,10H,1H2,2-3H3/t5?,6-,7-,8-/m0/s1. The van der Waals surface area contributed by atoms with Gasteiger partial charge in [0.05, 0.1) is 6.10 Å². The number of aliphatic hydroxyl groups excluding tert-OH is 1. The third-order valence-corrected chi connectivity index (χ3v) is 2.18. The highest BCUT2D eigenvalue weighted by atomic mass is 19.1. The maximum atomic E-state index is 13.0. The normalized spacial score (nSPS) is 51.1. The summed E-state index contributed by atoms with van der Waals surface area (Å²) in [5.74, 6) is 0. The number of alkyl halides is 1. The van der Waals surface area contributed by atoms with E-state index >= 15 is 0 Å². The van der Waals surface area contributed by atoms with Crippen LogP contribution in [0.3, 0.4) is 0 Å². The monoisotopic (exact) mass is 160 g/mol. The molecule has 0 spiro atoms. The molecular formula is C8H13FO2. The maximum Gasteiger partial charge on any atom is 0.155 e. The van der Waals surface area contributed by atoms with Crippen LogP contribution in [0.2, 0.25) is 0 Å². The van der Waals surface area contributed by atoms with Gasteiger partial charge < -0.3 is 9.84 Å². The quantitative estimate of drug-likeness (QED) is 0.581. The minimum Gasteiger partial charge on any atom is -0.387 e. The van der Waals surface area contributed by atoms with Gasteiger partial charge in [-0.15, -0.1) is 6.58 Å². The molecule has 1 unspecified atom stereocenters. The predicted molar refractivity (Wildman–Crippen MR) is 40.1 cm³/mol. The van der Waals surface area contributed by atoms with Crippen molar-refractivity contribution in [3.63, 3.8) is 0 Å². The summed E-state index contributed by atoms with van der Waals surface area (Å²) >= 11 is 0. The third kappa shape index (κ3) is 1.19. The van der Waals surface area contributed by atoms with Crippen LogP contribution in [0.4, 0.5) is 4.39 Å². The maximum absolute atomic E-state index is 13.0. The molecule has 0 aromatic rings. The van der Waals surface area contributed by atoms with Gasteiger partial charge in [0, 0.05) is 0 Å². The predicted octanol–water partition coefficient (Wildman–Crippen LogP) is 1.05. The lowest BCUT2D eigenvalue weighted by Gasteiger charge is -2.22.